The van der Waals surface area contributed by atoms with Crippen LogP contribution in [0.5, 0.6) is 5.75 Å². The van der Waals surface area contributed by atoms with Gasteiger partial charge in [0.05, 0.1) is 6.61 Å². The first-order valence-electron chi connectivity index (χ1n) is 6.91. The maximum Gasteiger partial charge on any atom is 0.328 e. The van der Waals surface area contributed by atoms with E-state index in [4.69, 9.17) is 10.5 Å². The van der Waals surface area contributed by atoms with Crippen LogP contribution in [0.3, 0.4) is 0 Å². The van der Waals surface area contributed by atoms with Gasteiger partial charge in [0, 0.05) is 24.0 Å². The standard InChI is InChI=1S/C15H19N3O3/c1-2-11-10-18(15(20)17-14(11)19)8-3-9-21-13-6-4-12(16)5-7-13/h4-7,10H,2-3,8-9,16H2,1H3,(H,17,19,20). The Morgan fingerprint density at radius 2 is 1.95 bits per heavy atom. The van der Waals surface area contributed by atoms with Crippen LogP contribution in [0.25, 0.3) is 0 Å². The average molecular weight is 289 g/mol. The summed E-state index contributed by atoms with van der Waals surface area (Å²) in [5, 5.41) is 0. The summed E-state index contributed by atoms with van der Waals surface area (Å²) in [6.45, 7) is 2.86. The number of anilines is 1. The van der Waals surface area contributed by atoms with Gasteiger partial charge in [-0.3, -0.25) is 9.78 Å². The number of nitrogen functional groups attached to an aromatic ring is 1. The van der Waals surface area contributed by atoms with Crippen LogP contribution < -0.4 is 21.7 Å². The van der Waals surface area contributed by atoms with Crippen molar-refractivity contribution < 1.29 is 4.74 Å². The van der Waals surface area contributed by atoms with E-state index in [0.29, 0.717) is 37.2 Å². The fourth-order valence-corrected chi connectivity index (χ4v) is 1.96. The van der Waals surface area contributed by atoms with Crippen LogP contribution in [0.1, 0.15) is 18.9 Å². The second-order valence-corrected chi connectivity index (χ2v) is 4.73. The maximum atomic E-state index is 11.7. The summed E-state index contributed by atoms with van der Waals surface area (Å²) in [6, 6.07) is 7.15. The smallest absolute Gasteiger partial charge is 0.328 e. The van der Waals surface area contributed by atoms with Gasteiger partial charge in [-0.1, -0.05) is 6.92 Å². The Hall–Kier alpha value is -2.50. The molecule has 0 spiro atoms. The Morgan fingerprint density at radius 1 is 1.24 bits per heavy atom. The Morgan fingerprint density at radius 3 is 2.62 bits per heavy atom. The van der Waals surface area contributed by atoms with Crippen LogP contribution in [0, 0.1) is 0 Å². The fraction of sp³-hybridized carbons (Fsp3) is 0.333. The zero-order valence-corrected chi connectivity index (χ0v) is 12.0. The molecule has 1 aromatic heterocycles. The summed E-state index contributed by atoms with van der Waals surface area (Å²) in [6.07, 6.45) is 2.88. The molecule has 1 aromatic carbocycles. The largest absolute Gasteiger partial charge is 0.494 e. The van der Waals surface area contributed by atoms with Crippen LogP contribution >= 0.6 is 0 Å². The van der Waals surface area contributed by atoms with Gasteiger partial charge in [-0.05, 0) is 37.1 Å². The van der Waals surface area contributed by atoms with Crippen molar-refractivity contribution in [3.63, 3.8) is 0 Å². The highest BCUT2D eigenvalue weighted by atomic mass is 16.5. The van der Waals surface area contributed by atoms with Crippen molar-refractivity contribution >= 4 is 5.69 Å². The number of nitrogens with zero attached hydrogens (tertiary/aromatic N) is 1. The van der Waals surface area contributed by atoms with Crippen LogP contribution in [-0.4, -0.2) is 16.2 Å². The van der Waals surface area contributed by atoms with E-state index in [9.17, 15) is 9.59 Å². The summed E-state index contributed by atoms with van der Waals surface area (Å²) in [5.41, 5.74) is 6.19. The van der Waals surface area contributed by atoms with E-state index in [-0.39, 0.29) is 11.2 Å². The molecule has 0 bridgehead atoms. The number of nitrogens with two attached hydrogens (primary N) is 1. The monoisotopic (exact) mass is 289 g/mol. The van der Waals surface area contributed by atoms with E-state index in [1.165, 1.54) is 4.57 Å². The van der Waals surface area contributed by atoms with E-state index in [0.717, 1.165) is 5.75 Å². The molecule has 0 atom stereocenters. The zero-order chi connectivity index (χ0) is 15.2. The first-order valence-corrected chi connectivity index (χ1v) is 6.91. The summed E-state index contributed by atoms with van der Waals surface area (Å²) < 4.78 is 7.07. The predicted molar refractivity (Wildman–Crippen MR) is 81.7 cm³/mol. The molecule has 2 rings (SSSR count). The van der Waals surface area contributed by atoms with Crippen LogP contribution in [0.4, 0.5) is 5.69 Å². The van der Waals surface area contributed by atoms with Gasteiger partial charge in [0.2, 0.25) is 0 Å². The third-order valence-electron chi connectivity index (χ3n) is 3.16. The van der Waals surface area contributed by atoms with Crippen molar-refractivity contribution in [1.29, 1.82) is 0 Å². The highest BCUT2D eigenvalue weighted by Crippen LogP contribution is 2.13. The number of nitrogens with one attached hydrogen (secondary N) is 1. The van der Waals surface area contributed by atoms with E-state index in [1.807, 2.05) is 6.92 Å². The fourth-order valence-electron chi connectivity index (χ4n) is 1.96. The van der Waals surface area contributed by atoms with Crippen molar-refractivity contribution in [2.24, 2.45) is 0 Å². The first-order chi connectivity index (χ1) is 10.1. The van der Waals surface area contributed by atoms with Gasteiger partial charge >= 0.3 is 5.69 Å². The SMILES string of the molecule is CCc1cn(CCCOc2ccc(N)cc2)c(=O)[nH]c1=O. The van der Waals surface area contributed by atoms with Crippen LogP contribution in [0.2, 0.25) is 0 Å². The number of rotatable bonds is 6. The lowest BCUT2D eigenvalue weighted by Crippen LogP contribution is -2.31. The number of benzene rings is 1. The molecule has 0 fully saturated rings. The molecule has 6 heteroatoms. The van der Waals surface area contributed by atoms with Crippen molar-refractivity contribution in [2.75, 3.05) is 12.3 Å². The summed E-state index contributed by atoms with van der Waals surface area (Å²) in [5.74, 6) is 0.743. The molecule has 0 amide bonds. The molecule has 0 unspecified atom stereocenters. The average Bonchev–Trinajstić information content (AvgIpc) is 2.47. The molecule has 3 N–H and O–H groups in total. The number of hydrogen-bond donors (Lipinski definition) is 2. The van der Waals surface area contributed by atoms with E-state index in [1.54, 1.807) is 30.5 Å². The van der Waals surface area contributed by atoms with Crippen molar-refractivity contribution in [3.8, 4) is 5.75 Å². The molecule has 2 aromatic rings. The molecule has 0 radical (unpaired) electrons. The normalized spacial score (nSPS) is 10.5. The lowest BCUT2D eigenvalue weighted by atomic mass is 10.2. The second kappa shape index (κ2) is 6.78. The zero-order valence-electron chi connectivity index (χ0n) is 12.0. The Labute approximate surface area is 122 Å². The molecule has 6 nitrogen and oxygen atoms in total. The van der Waals surface area contributed by atoms with Gasteiger partial charge in [0.1, 0.15) is 5.75 Å². The Kier molecular flexibility index (Phi) is 4.81. The highest BCUT2D eigenvalue weighted by Gasteiger charge is 2.03. The minimum atomic E-state index is -0.385. The topological polar surface area (TPSA) is 90.1 Å². The molecule has 0 aliphatic heterocycles. The quantitative estimate of drug-likeness (QED) is 0.616. The number of hydrogen-bond acceptors (Lipinski definition) is 4. The number of aromatic amines is 1. The van der Waals surface area contributed by atoms with Crippen molar-refractivity contribution in [2.45, 2.75) is 26.3 Å². The number of aromatic nitrogens is 2. The van der Waals surface area contributed by atoms with Gasteiger partial charge in [0.25, 0.3) is 5.56 Å². The molecule has 21 heavy (non-hydrogen) atoms. The summed E-state index contributed by atoms with van der Waals surface area (Å²) in [7, 11) is 0. The van der Waals surface area contributed by atoms with E-state index in [2.05, 4.69) is 4.98 Å². The molecule has 0 saturated heterocycles. The number of ether oxygens (including phenoxy) is 1. The lowest BCUT2D eigenvalue weighted by molar-refractivity contribution is 0.300. The Bertz CT molecular complexity index is 701. The molecular weight excluding hydrogens is 270 g/mol. The molecule has 1 heterocycles. The lowest BCUT2D eigenvalue weighted by Gasteiger charge is -2.08. The minimum absolute atomic E-state index is 0.308. The van der Waals surface area contributed by atoms with Crippen molar-refractivity contribution in [1.82, 2.24) is 9.55 Å². The predicted octanol–water partition coefficient (Wildman–Crippen LogP) is 1.15. The van der Waals surface area contributed by atoms with Gasteiger partial charge in [0.15, 0.2) is 0 Å². The van der Waals surface area contributed by atoms with Crippen molar-refractivity contribution in [3.05, 3.63) is 56.9 Å². The van der Waals surface area contributed by atoms with Gasteiger partial charge < -0.3 is 15.0 Å². The Balaban J connectivity index is 1.90. The number of H-pyrrole nitrogens is 1. The van der Waals surface area contributed by atoms with E-state index >= 15 is 0 Å². The first kappa shape index (κ1) is 14.9. The molecule has 0 aliphatic rings. The van der Waals surface area contributed by atoms with Gasteiger partial charge in [-0.25, -0.2) is 4.79 Å². The van der Waals surface area contributed by atoms with Gasteiger partial charge in [-0.2, -0.15) is 0 Å². The molecular formula is C15H19N3O3. The summed E-state index contributed by atoms with van der Waals surface area (Å²) >= 11 is 0. The second-order valence-electron chi connectivity index (χ2n) is 4.73. The molecule has 112 valence electrons. The third-order valence-corrected chi connectivity index (χ3v) is 3.16. The van der Waals surface area contributed by atoms with Crippen LogP contribution in [0.15, 0.2) is 40.1 Å². The molecule has 0 saturated carbocycles. The number of aryl methyl sites for hydroxylation is 2. The maximum absolute atomic E-state index is 11.7. The minimum Gasteiger partial charge on any atom is -0.494 e. The third kappa shape index (κ3) is 3.98. The van der Waals surface area contributed by atoms with E-state index < -0.39 is 0 Å². The van der Waals surface area contributed by atoms with Gasteiger partial charge in [-0.15, -0.1) is 0 Å². The van der Waals surface area contributed by atoms with Crippen LogP contribution in [-0.2, 0) is 13.0 Å². The molecule has 0 aliphatic carbocycles. The highest BCUT2D eigenvalue weighted by molar-refractivity contribution is 5.41. The summed E-state index contributed by atoms with van der Waals surface area (Å²) in [4.78, 5) is 25.4.